The van der Waals surface area contributed by atoms with Gasteiger partial charge in [-0.3, -0.25) is 4.79 Å². The summed E-state index contributed by atoms with van der Waals surface area (Å²) in [7, 11) is 0. The molecule has 0 aromatic heterocycles. The SMILES string of the molecule is CC/C=C(\C)CNCc1ccc(C=O)cc1. The summed E-state index contributed by atoms with van der Waals surface area (Å²) >= 11 is 0. The van der Waals surface area contributed by atoms with Gasteiger partial charge in [-0.2, -0.15) is 0 Å². The van der Waals surface area contributed by atoms with Crippen LogP contribution in [0.5, 0.6) is 0 Å². The number of benzene rings is 1. The fourth-order valence-corrected chi connectivity index (χ4v) is 1.54. The first-order chi connectivity index (χ1) is 7.76. The van der Waals surface area contributed by atoms with Gasteiger partial charge in [-0.25, -0.2) is 0 Å². The van der Waals surface area contributed by atoms with Crippen LogP contribution in [0.4, 0.5) is 0 Å². The van der Waals surface area contributed by atoms with Crippen molar-refractivity contribution in [1.29, 1.82) is 0 Å². The Kier molecular flexibility index (Phi) is 5.51. The van der Waals surface area contributed by atoms with Gasteiger partial charge in [-0.1, -0.05) is 42.8 Å². The van der Waals surface area contributed by atoms with Gasteiger partial charge in [0, 0.05) is 18.7 Å². The Morgan fingerprint density at radius 2 is 2.00 bits per heavy atom. The van der Waals surface area contributed by atoms with Crippen molar-refractivity contribution in [2.24, 2.45) is 0 Å². The minimum Gasteiger partial charge on any atom is -0.309 e. The minimum absolute atomic E-state index is 0.728. The van der Waals surface area contributed by atoms with E-state index in [4.69, 9.17) is 0 Å². The second-order valence-electron chi connectivity index (χ2n) is 3.92. The van der Waals surface area contributed by atoms with E-state index >= 15 is 0 Å². The summed E-state index contributed by atoms with van der Waals surface area (Å²) in [6, 6.07) is 7.66. The fourth-order valence-electron chi connectivity index (χ4n) is 1.54. The maximum Gasteiger partial charge on any atom is 0.150 e. The van der Waals surface area contributed by atoms with Crippen molar-refractivity contribution in [2.75, 3.05) is 6.54 Å². The molecular formula is C14H19NO. The summed E-state index contributed by atoms with van der Waals surface area (Å²) in [5, 5.41) is 3.37. The lowest BCUT2D eigenvalue weighted by Gasteiger charge is -2.05. The van der Waals surface area contributed by atoms with Gasteiger partial charge in [0.15, 0.2) is 0 Å². The maximum atomic E-state index is 10.5. The Morgan fingerprint density at radius 3 is 2.56 bits per heavy atom. The van der Waals surface area contributed by atoms with Crippen LogP contribution in [-0.2, 0) is 6.54 Å². The highest BCUT2D eigenvalue weighted by atomic mass is 16.1. The van der Waals surface area contributed by atoms with Crippen LogP contribution in [0.15, 0.2) is 35.9 Å². The molecule has 1 aromatic carbocycles. The van der Waals surface area contributed by atoms with Gasteiger partial charge in [0.1, 0.15) is 6.29 Å². The van der Waals surface area contributed by atoms with Gasteiger partial charge in [-0.05, 0) is 18.9 Å². The molecule has 1 rings (SSSR count). The van der Waals surface area contributed by atoms with Crippen molar-refractivity contribution in [3.05, 3.63) is 47.0 Å². The number of carbonyl (C=O) groups excluding carboxylic acids is 1. The Bertz CT molecular complexity index is 352. The van der Waals surface area contributed by atoms with Crippen molar-refractivity contribution in [3.63, 3.8) is 0 Å². The maximum absolute atomic E-state index is 10.5. The zero-order valence-corrected chi connectivity index (χ0v) is 9.99. The smallest absolute Gasteiger partial charge is 0.150 e. The minimum atomic E-state index is 0.728. The highest BCUT2D eigenvalue weighted by Gasteiger charge is 1.94. The number of allylic oxidation sites excluding steroid dienone is 1. The van der Waals surface area contributed by atoms with E-state index in [1.165, 1.54) is 11.1 Å². The summed E-state index contributed by atoms with van der Waals surface area (Å²) in [5.74, 6) is 0. The van der Waals surface area contributed by atoms with Gasteiger partial charge >= 0.3 is 0 Å². The standard InChI is InChI=1S/C14H19NO/c1-3-4-12(2)9-15-10-13-5-7-14(11-16)8-6-13/h4-8,11,15H,3,9-10H2,1-2H3/b12-4+. The number of rotatable bonds is 6. The van der Waals surface area contributed by atoms with Gasteiger partial charge in [0.25, 0.3) is 0 Å². The quantitative estimate of drug-likeness (QED) is 0.586. The van der Waals surface area contributed by atoms with Crippen LogP contribution in [0.3, 0.4) is 0 Å². The Labute approximate surface area is 97.4 Å². The van der Waals surface area contributed by atoms with Crippen molar-refractivity contribution in [2.45, 2.75) is 26.8 Å². The normalized spacial score (nSPS) is 11.5. The number of hydrogen-bond acceptors (Lipinski definition) is 2. The second-order valence-corrected chi connectivity index (χ2v) is 3.92. The van der Waals surface area contributed by atoms with Crippen molar-refractivity contribution in [1.82, 2.24) is 5.32 Å². The Hall–Kier alpha value is -1.41. The molecule has 0 radical (unpaired) electrons. The third kappa shape index (κ3) is 4.41. The van der Waals surface area contributed by atoms with Crippen LogP contribution in [0.1, 0.15) is 36.2 Å². The molecule has 0 aliphatic carbocycles. The molecule has 86 valence electrons. The lowest BCUT2D eigenvalue weighted by molar-refractivity contribution is 0.112. The predicted octanol–water partition coefficient (Wildman–Crippen LogP) is 2.95. The average molecular weight is 217 g/mol. The average Bonchev–Trinajstić information content (AvgIpc) is 2.30. The lowest BCUT2D eigenvalue weighted by atomic mass is 10.1. The van der Waals surface area contributed by atoms with Crippen LogP contribution in [-0.4, -0.2) is 12.8 Å². The monoisotopic (exact) mass is 217 g/mol. The first-order valence-corrected chi connectivity index (χ1v) is 5.66. The summed E-state index contributed by atoms with van der Waals surface area (Å²) in [4.78, 5) is 10.5. The van der Waals surface area contributed by atoms with Crippen LogP contribution in [0.2, 0.25) is 0 Å². The van der Waals surface area contributed by atoms with Crippen LogP contribution >= 0.6 is 0 Å². The van der Waals surface area contributed by atoms with E-state index in [1.54, 1.807) is 0 Å². The molecule has 0 atom stereocenters. The number of aldehydes is 1. The molecule has 0 aliphatic heterocycles. The van der Waals surface area contributed by atoms with E-state index in [-0.39, 0.29) is 0 Å². The van der Waals surface area contributed by atoms with E-state index in [9.17, 15) is 4.79 Å². The van der Waals surface area contributed by atoms with E-state index in [2.05, 4.69) is 25.2 Å². The summed E-state index contributed by atoms with van der Waals surface area (Å²) in [5.41, 5.74) is 3.30. The first kappa shape index (κ1) is 12.7. The third-order valence-corrected chi connectivity index (χ3v) is 2.40. The molecule has 0 bridgehead atoms. The van der Waals surface area contributed by atoms with Gasteiger partial charge in [0.2, 0.25) is 0 Å². The van der Waals surface area contributed by atoms with E-state index in [0.717, 1.165) is 31.4 Å². The van der Waals surface area contributed by atoms with Crippen LogP contribution in [0, 0.1) is 0 Å². The molecular weight excluding hydrogens is 198 g/mol. The molecule has 0 spiro atoms. The molecule has 0 aliphatic rings. The highest BCUT2D eigenvalue weighted by Crippen LogP contribution is 2.02. The van der Waals surface area contributed by atoms with E-state index in [1.807, 2.05) is 24.3 Å². The van der Waals surface area contributed by atoms with Gasteiger partial charge < -0.3 is 5.32 Å². The Balaban J connectivity index is 2.37. The topological polar surface area (TPSA) is 29.1 Å². The molecule has 0 fully saturated rings. The number of hydrogen-bond donors (Lipinski definition) is 1. The van der Waals surface area contributed by atoms with Gasteiger partial charge in [0.05, 0.1) is 0 Å². The first-order valence-electron chi connectivity index (χ1n) is 5.66. The molecule has 1 aromatic rings. The van der Waals surface area contributed by atoms with E-state index in [0.29, 0.717) is 0 Å². The zero-order valence-electron chi connectivity index (χ0n) is 9.99. The van der Waals surface area contributed by atoms with Crippen LogP contribution < -0.4 is 5.32 Å². The highest BCUT2D eigenvalue weighted by molar-refractivity contribution is 5.74. The number of nitrogens with one attached hydrogen (secondary N) is 1. The zero-order chi connectivity index (χ0) is 11.8. The molecule has 0 heterocycles. The molecule has 2 nitrogen and oxygen atoms in total. The van der Waals surface area contributed by atoms with Crippen molar-refractivity contribution >= 4 is 6.29 Å². The molecule has 0 saturated carbocycles. The number of carbonyl (C=O) groups is 1. The van der Waals surface area contributed by atoms with Crippen molar-refractivity contribution < 1.29 is 4.79 Å². The molecule has 0 unspecified atom stereocenters. The van der Waals surface area contributed by atoms with Gasteiger partial charge in [-0.15, -0.1) is 0 Å². The van der Waals surface area contributed by atoms with Crippen LogP contribution in [0.25, 0.3) is 0 Å². The molecule has 0 saturated heterocycles. The largest absolute Gasteiger partial charge is 0.309 e. The Morgan fingerprint density at radius 1 is 1.31 bits per heavy atom. The summed E-state index contributed by atoms with van der Waals surface area (Å²) in [6.07, 6.45) is 4.18. The summed E-state index contributed by atoms with van der Waals surface area (Å²) < 4.78 is 0. The summed E-state index contributed by atoms with van der Waals surface area (Å²) in [6.45, 7) is 6.03. The van der Waals surface area contributed by atoms with E-state index < -0.39 is 0 Å². The van der Waals surface area contributed by atoms with Crippen molar-refractivity contribution in [3.8, 4) is 0 Å². The molecule has 16 heavy (non-hydrogen) atoms. The molecule has 1 N–H and O–H groups in total. The molecule has 2 heteroatoms. The molecule has 0 amide bonds. The predicted molar refractivity (Wildman–Crippen MR) is 67.6 cm³/mol. The lowest BCUT2D eigenvalue weighted by Crippen LogP contribution is -2.15. The third-order valence-electron chi connectivity index (χ3n) is 2.40. The fraction of sp³-hybridized carbons (Fsp3) is 0.357. The second kappa shape index (κ2) is 6.96.